The Hall–Kier alpha value is -0.980. The Morgan fingerprint density at radius 2 is 1.18 bits per heavy atom. The van der Waals surface area contributed by atoms with Crippen LogP contribution in [0.1, 0.15) is 5.56 Å². The highest BCUT2D eigenvalue weighted by Gasteiger charge is 2.74. The van der Waals surface area contributed by atoms with Crippen molar-refractivity contribution in [1.82, 2.24) is 0 Å². The summed E-state index contributed by atoms with van der Waals surface area (Å²) >= 11 is 5.18. The second kappa shape index (κ2) is 4.04. The first-order valence-electron chi connectivity index (χ1n) is 4.09. The highest BCUT2D eigenvalue weighted by molar-refractivity contribution is 6.31. The molecule has 0 fully saturated rings. The van der Waals surface area contributed by atoms with Gasteiger partial charge >= 0.3 is 18.0 Å². The maximum Gasteiger partial charge on any atom is 0.436 e. The summed E-state index contributed by atoms with van der Waals surface area (Å²) in [7, 11) is 0. The van der Waals surface area contributed by atoms with Crippen LogP contribution < -0.4 is 0 Å². The zero-order valence-electron chi connectivity index (χ0n) is 7.83. The van der Waals surface area contributed by atoms with Gasteiger partial charge in [0.05, 0.1) is 0 Å². The van der Waals surface area contributed by atoms with Crippen molar-refractivity contribution in [1.29, 1.82) is 0 Å². The maximum atomic E-state index is 13.5. The summed E-state index contributed by atoms with van der Waals surface area (Å²) in [6, 6.07) is 3.04. The fourth-order valence-electron chi connectivity index (χ4n) is 1.21. The van der Waals surface area contributed by atoms with E-state index in [1.165, 1.54) is 0 Å². The average Bonchev–Trinajstić information content (AvgIpc) is 2.13. The van der Waals surface area contributed by atoms with Crippen LogP contribution in [0.25, 0.3) is 0 Å². The lowest BCUT2D eigenvalue weighted by Crippen LogP contribution is -2.50. The molecule has 0 atom stereocenters. The van der Waals surface area contributed by atoms with E-state index >= 15 is 0 Å². The monoisotopic (exact) mass is 280 g/mol. The molecule has 0 aliphatic carbocycles. The molecule has 0 unspecified atom stereocenters. The van der Waals surface area contributed by atoms with Crippen LogP contribution in [-0.4, -0.2) is 12.4 Å². The van der Waals surface area contributed by atoms with Gasteiger partial charge in [0, 0.05) is 10.6 Å². The normalized spacial score (nSPS) is 13.9. The number of halogens is 8. The molecule has 0 aliphatic heterocycles. The summed E-state index contributed by atoms with van der Waals surface area (Å²) in [5.74, 6) is 0. The summed E-state index contributed by atoms with van der Waals surface area (Å²) in [6.07, 6.45) is -12.3. The van der Waals surface area contributed by atoms with E-state index < -0.39 is 28.6 Å². The van der Waals surface area contributed by atoms with E-state index in [0.29, 0.717) is 6.07 Å². The van der Waals surface area contributed by atoms with Crippen LogP contribution in [0.4, 0.5) is 30.7 Å². The van der Waals surface area contributed by atoms with Crippen LogP contribution in [0.5, 0.6) is 0 Å². The molecule has 0 amide bonds. The molecule has 1 aromatic carbocycles. The molecule has 0 aromatic heterocycles. The molecule has 0 bridgehead atoms. The first kappa shape index (κ1) is 14.1. The van der Waals surface area contributed by atoms with Crippen molar-refractivity contribution in [2.45, 2.75) is 18.0 Å². The highest BCUT2D eigenvalue weighted by Crippen LogP contribution is 2.54. The van der Waals surface area contributed by atoms with Gasteiger partial charge in [0.25, 0.3) is 0 Å². The Morgan fingerprint density at radius 3 is 1.53 bits per heavy atom. The first-order chi connectivity index (χ1) is 7.52. The lowest BCUT2D eigenvalue weighted by Gasteiger charge is -2.30. The Bertz CT molecular complexity index is 393. The van der Waals surface area contributed by atoms with Gasteiger partial charge in [0.15, 0.2) is 0 Å². The van der Waals surface area contributed by atoms with Gasteiger partial charge in [-0.3, -0.25) is 0 Å². The van der Waals surface area contributed by atoms with Gasteiger partial charge in [-0.2, -0.15) is 26.3 Å². The third-order valence-electron chi connectivity index (χ3n) is 2.03. The molecule has 8 heteroatoms. The van der Waals surface area contributed by atoms with Crippen LogP contribution in [0.3, 0.4) is 0 Å². The maximum absolute atomic E-state index is 13.5. The van der Waals surface area contributed by atoms with Gasteiger partial charge in [0.2, 0.25) is 0 Å². The molecule has 1 rings (SSSR count). The summed E-state index contributed by atoms with van der Waals surface area (Å²) in [5.41, 5.74) is -7.14. The average molecular weight is 281 g/mol. The lowest BCUT2D eigenvalue weighted by molar-refractivity contribution is -0.348. The smallest absolute Gasteiger partial charge is 0.218 e. The quantitative estimate of drug-likeness (QED) is 0.658. The van der Waals surface area contributed by atoms with Gasteiger partial charge in [-0.1, -0.05) is 29.8 Å². The van der Waals surface area contributed by atoms with E-state index in [4.69, 9.17) is 11.6 Å². The van der Waals surface area contributed by atoms with Crippen LogP contribution in [-0.2, 0) is 5.67 Å². The standard InChI is InChI=1S/C9H4ClF7/c10-6-4-2-1-3-5(6)7(11,8(12,13)14)9(15,16)17/h1-4H. The third-order valence-corrected chi connectivity index (χ3v) is 2.36. The van der Waals surface area contributed by atoms with Gasteiger partial charge in [-0.25, -0.2) is 4.39 Å². The minimum atomic E-state index is -6.14. The second-order valence-corrected chi connectivity index (χ2v) is 3.54. The molecule has 0 saturated heterocycles. The van der Waals surface area contributed by atoms with Crippen LogP contribution in [0.2, 0.25) is 5.02 Å². The minimum absolute atomic E-state index is 0.351. The predicted octanol–water partition coefficient (Wildman–Crippen LogP) is 4.63. The van der Waals surface area contributed by atoms with Crippen molar-refractivity contribution in [3.63, 3.8) is 0 Å². The molecule has 1 aromatic rings. The minimum Gasteiger partial charge on any atom is -0.218 e. The number of benzene rings is 1. The van der Waals surface area contributed by atoms with E-state index in [1.807, 2.05) is 0 Å². The van der Waals surface area contributed by atoms with Crippen molar-refractivity contribution in [3.8, 4) is 0 Å². The van der Waals surface area contributed by atoms with Gasteiger partial charge < -0.3 is 0 Å². The second-order valence-electron chi connectivity index (χ2n) is 3.13. The summed E-state index contributed by atoms with van der Waals surface area (Å²) in [5, 5.41) is -0.940. The van der Waals surface area contributed by atoms with Gasteiger partial charge in [-0.05, 0) is 6.07 Å². The van der Waals surface area contributed by atoms with Gasteiger partial charge in [-0.15, -0.1) is 0 Å². The molecule has 0 saturated carbocycles. The predicted molar refractivity (Wildman–Crippen MR) is 46.3 cm³/mol. The molecule has 96 valence electrons. The van der Waals surface area contributed by atoms with Crippen molar-refractivity contribution in [3.05, 3.63) is 34.9 Å². The van der Waals surface area contributed by atoms with Crippen molar-refractivity contribution in [2.75, 3.05) is 0 Å². The molecule has 0 N–H and O–H groups in total. The number of hydrogen-bond donors (Lipinski definition) is 0. The van der Waals surface area contributed by atoms with Crippen LogP contribution >= 0.6 is 11.6 Å². The molecule has 0 radical (unpaired) electrons. The summed E-state index contributed by atoms with van der Waals surface area (Å²) in [4.78, 5) is 0. The number of hydrogen-bond acceptors (Lipinski definition) is 0. The Kier molecular flexibility index (Phi) is 3.35. The van der Waals surface area contributed by atoms with E-state index in [9.17, 15) is 30.7 Å². The third kappa shape index (κ3) is 2.20. The van der Waals surface area contributed by atoms with Crippen LogP contribution in [0, 0.1) is 0 Å². The lowest BCUT2D eigenvalue weighted by atomic mass is 9.94. The van der Waals surface area contributed by atoms with Crippen molar-refractivity contribution >= 4 is 11.6 Å². The van der Waals surface area contributed by atoms with Crippen molar-refractivity contribution < 1.29 is 30.7 Å². The van der Waals surface area contributed by atoms with Crippen molar-refractivity contribution in [2.24, 2.45) is 0 Å². The Labute approximate surface area is 96.0 Å². The SMILES string of the molecule is FC(F)(F)C(F)(c1ccccc1Cl)C(F)(F)F. The molecule has 0 spiro atoms. The number of alkyl halides is 7. The van der Waals surface area contributed by atoms with Gasteiger partial charge in [0.1, 0.15) is 0 Å². The molecular weight excluding hydrogens is 277 g/mol. The fraction of sp³-hybridized carbons (Fsp3) is 0.333. The Morgan fingerprint density at radius 1 is 0.765 bits per heavy atom. The Balaban J connectivity index is 3.53. The van der Waals surface area contributed by atoms with Crippen LogP contribution in [0.15, 0.2) is 24.3 Å². The molecular formula is C9H4ClF7. The fourth-order valence-corrected chi connectivity index (χ4v) is 1.47. The number of rotatable bonds is 1. The van der Waals surface area contributed by atoms with E-state index in [0.717, 1.165) is 18.2 Å². The zero-order chi connectivity index (χ0) is 13.5. The highest BCUT2D eigenvalue weighted by atomic mass is 35.5. The summed E-state index contributed by atoms with van der Waals surface area (Å²) < 4.78 is 87.3. The van der Waals surface area contributed by atoms with E-state index in [1.54, 1.807) is 0 Å². The molecule has 0 aliphatic rings. The largest absolute Gasteiger partial charge is 0.436 e. The molecule has 17 heavy (non-hydrogen) atoms. The zero-order valence-corrected chi connectivity index (χ0v) is 8.59. The summed E-state index contributed by atoms with van der Waals surface area (Å²) in [6.45, 7) is 0. The molecule has 0 heterocycles. The topological polar surface area (TPSA) is 0 Å². The van der Waals surface area contributed by atoms with E-state index in [-0.39, 0.29) is 0 Å². The molecule has 0 nitrogen and oxygen atoms in total. The van der Waals surface area contributed by atoms with E-state index in [2.05, 4.69) is 0 Å². The first-order valence-corrected chi connectivity index (χ1v) is 4.47.